The molecule has 24 heavy (non-hydrogen) atoms. The largest absolute Gasteiger partial charge is 0.481 e. The predicted octanol–water partition coefficient (Wildman–Crippen LogP) is 2.97. The number of carboxylic acid groups (broad SMARTS) is 1. The summed E-state index contributed by atoms with van der Waals surface area (Å²) in [5.41, 5.74) is 0.619. The van der Waals surface area contributed by atoms with E-state index in [9.17, 15) is 14.7 Å². The smallest absolute Gasteiger partial charge is 0.308 e. The molecule has 128 valence electrons. The van der Waals surface area contributed by atoms with Gasteiger partial charge in [0, 0.05) is 12.6 Å². The standard InChI is InChI=1S/C17H20N2O4S/c1-10-5-6-12(17(21)22)9-19(10)15(20)8-13-11(2)23-16(18-13)14-4-3-7-24-14/h3-4,7,10,12H,5-6,8-9H2,1-2H3,(H,21,22). The first-order valence-electron chi connectivity index (χ1n) is 7.98. The summed E-state index contributed by atoms with van der Waals surface area (Å²) in [6, 6.07) is 3.90. The second kappa shape index (κ2) is 6.76. The lowest BCUT2D eigenvalue weighted by Gasteiger charge is -2.36. The average Bonchev–Trinajstić information content (AvgIpc) is 3.18. The number of aryl methyl sites for hydroxylation is 1. The van der Waals surface area contributed by atoms with E-state index in [1.54, 1.807) is 11.8 Å². The summed E-state index contributed by atoms with van der Waals surface area (Å²) in [6.07, 6.45) is 1.46. The molecule has 3 rings (SSSR count). The summed E-state index contributed by atoms with van der Waals surface area (Å²) in [5, 5.41) is 11.1. The fourth-order valence-corrected chi connectivity index (χ4v) is 3.65. The summed E-state index contributed by atoms with van der Waals surface area (Å²) in [5.74, 6) is -0.253. The van der Waals surface area contributed by atoms with Crippen LogP contribution in [0.3, 0.4) is 0 Å². The third-order valence-corrected chi connectivity index (χ3v) is 5.35. The third kappa shape index (κ3) is 3.36. The summed E-state index contributed by atoms with van der Waals surface area (Å²) in [4.78, 5) is 30.9. The summed E-state index contributed by atoms with van der Waals surface area (Å²) < 4.78 is 5.67. The molecule has 0 radical (unpaired) electrons. The van der Waals surface area contributed by atoms with Gasteiger partial charge in [-0.3, -0.25) is 9.59 Å². The lowest BCUT2D eigenvalue weighted by molar-refractivity contribution is -0.147. The molecule has 0 spiro atoms. The molecule has 0 bridgehead atoms. The lowest BCUT2D eigenvalue weighted by atomic mass is 9.93. The van der Waals surface area contributed by atoms with Gasteiger partial charge in [0.05, 0.1) is 22.9 Å². The number of amides is 1. The van der Waals surface area contributed by atoms with Crippen LogP contribution in [0.25, 0.3) is 10.8 Å². The SMILES string of the molecule is Cc1oc(-c2cccs2)nc1CC(=O)N1CC(C(=O)O)CCC1C. The lowest BCUT2D eigenvalue weighted by Crippen LogP contribution is -2.48. The molecule has 0 aliphatic carbocycles. The van der Waals surface area contributed by atoms with Gasteiger partial charge in [-0.15, -0.1) is 11.3 Å². The molecule has 7 heteroatoms. The minimum absolute atomic E-state index is 0.0528. The van der Waals surface area contributed by atoms with Crippen LogP contribution in [0.1, 0.15) is 31.2 Å². The number of nitrogens with zero attached hydrogens (tertiary/aromatic N) is 2. The van der Waals surface area contributed by atoms with Crippen LogP contribution in [-0.4, -0.2) is 39.5 Å². The van der Waals surface area contributed by atoms with Crippen LogP contribution in [-0.2, 0) is 16.0 Å². The number of aromatic nitrogens is 1. The first-order chi connectivity index (χ1) is 11.5. The van der Waals surface area contributed by atoms with Crippen molar-refractivity contribution in [3.05, 3.63) is 29.0 Å². The molecular weight excluding hydrogens is 328 g/mol. The van der Waals surface area contributed by atoms with E-state index in [2.05, 4.69) is 4.98 Å². The number of carboxylic acids is 1. The van der Waals surface area contributed by atoms with Crippen molar-refractivity contribution in [1.82, 2.24) is 9.88 Å². The van der Waals surface area contributed by atoms with Crippen molar-refractivity contribution in [3.8, 4) is 10.8 Å². The van der Waals surface area contributed by atoms with Gasteiger partial charge in [0.15, 0.2) is 0 Å². The minimum Gasteiger partial charge on any atom is -0.481 e. The zero-order valence-corrected chi connectivity index (χ0v) is 14.5. The van der Waals surface area contributed by atoms with Crippen LogP contribution >= 0.6 is 11.3 Å². The molecule has 1 saturated heterocycles. The van der Waals surface area contributed by atoms with E-state index in [-0.39, 0.29) is 24.9 Å². The van der Waals surface area contributed by atoms with Gasteiger partial charge in [-0.1, -0.05) is 6.07 Å². The number of rotatable bonds is 4. The van der Waals surface area contributed by atoms with Gasteiger partial charge in [-0.05, 0) is 38.1 Å². The van der Waals surface area contributed by atoms with Crippen molar-refractivity contribution < 1.29 is 19.1 Å². The van der Waals surface area contributed by atoms with Gasteiger partial charge in [0.25, 0.3) is 0 Å². The highest BCUT2D eigenvalue weighted by molar-refractivity contribution is 7.13. The monoisotopic (exact) mass is 348 g/mol. The van der Waals surface area contributed by atoms with Crippen molar-refractivity contribution in [2.24, 2.45) is 5.92 Å². The molecule has 1 amide bonds. The number of carbonyl (C=O) groups excluding carboxylic acids is 1. The van der Waals surface area contributed by atoms with Crippen LogP contribution in [0, 0.1) is 12.8 Å². The van der Waals surface area contributed by atoms with E-state index in [4.69, 9.17) is 4.42 Å². The maximum atomic E-state index is 12.6. The Morgan fingerprint density at radius 1 is 1.46 bits per heavy atom. The van der Waals surface area contributed by atoms with Crippen LogP contribution in [0.4, 0.5) is 0 Å². The fraction of sp³-hybridized carbons (Fsp3) is 0.471. The molecule has 1 aliphatic rings. The highest BCUT2D eigenvalue weighted by Gasteiger charge is 2.33. The molecule has 0 aromatic carbocycles. The zero-order chi connectivity index (χ0) is 17.3. The van der Waals surface area contributed by atoms with Crippen molar-refractivity contribution in [1.29, 1.82) is 0 Å². The number of hydrogen-bond donors (Lipinski definition) is 1. The van der Waals surface area contributed by atoms with E-state index in [0.29, 0.717) is 30.2 Å². The average molecular weight is 348 g/mol. The maximum Gasteiger partial charge on any atom is 0.308 e. The fourth-order valence-electron chi connectivity index (χ4n) is 3.00. The van der Waals surface area contributed by atoms with Gasteiger partial charge in [-0.2, -0.15) is 0 Å². The van der Waals surface area contributed by atoms with E-state index in [1.807, 2.05) is 24.4 Å². The van der Waals surface area contributed by atoms with Crippen LogP contribution in [0.15, 0.2) is 21.9 Å². The molecule has 1 N–H and O–H groups in total. The minimum atomic E-state index is -0.836. The Morgan fingerprint density at radius 3 is 2.92 bits per heavy atom. The molecule has 1 aliphatic heterocycles. The number of hydrogen-bond acceptors (Lipinski definition) is 5. The van der Waals surface area contributed by atoms with Gasteiger partial charge in [0.2, 0.25) is 11.8 Å². The van der Waals surface area contributed by atoms with Crippen molar-refractivity contribution >= 4 is 23.2 Å². The Kier molecular flexibility index (Phi) is 4.71. The van der Waals surface area contributed by atoms with Gasteiger partial charge >= 0.3 is 5.97 Å². The van der Waals surface area contributed by atoms with Crippen molar-refractivity contribution in [2.75, 3.05) is 6.54 Å². The molecule has 2 aromatic rings. The number of carbonyl (C=O) groups is 2. The maximum absolute atomic E-state index is 12.6. The van der Waals surface area contributed by atoms with Crippen molar-refractivity contribution in [3.63, 3.8) is 0 Å². The topological polar surface area (TPSA) is 83.6 Å². The molecule has 6 nitrogen and oxygen atoms in total. The Labute approximate surface area is 144 Å². The Morgan fingerprint density at radius 2 is 2.25 bits per heavy atom. The highest BCUT2D eigenvalue weighted by Crippen LogP contribution is 2.27. The predicted molar refractivity (Wildman–Crippen MR) is 89.8 cm³/mol. The molecular formula is C17H20N2O4S. The number of thiophene rings is 1. The van der Waals surface area contributed by atoms with Crippen molar-refractivity contribution in [2.45, 2.75) is 39.2 Å². The van der Waals surface area contributed by atoms with E-state index >= 15 is 0 Å². The molecule has 2 aromatic heterocycles. The van der Waals surface area contributed by atoms with E-state index < -0.39 is 11.9 Å². The number of piperidine rings is 1. The second-order valence-electron chi connectivity index (χ2n) is 6.18. The van der Waals surface area contributed by atoms with E-state index in [1.165, 1.54) is 11.3 Å². The second-order valence-corrected chi connectivity index (χ2v) is 7.13. The Hall–Kier alpha value is -2.15. The summed E-state index contributed by atoms with van der Waals surface area (Å²) in [6.45, 7) is 4.03. The Bertz CT molecular complexity index is 738. The molecule has 2 unspecified atom stereocenters. The Balaban J connectivity index is 1.73. The van der Waals surface area contributed by atoms with Gasteiger partial charge in [-0.25, -0.2) is 4.98 Å². The highest BCUT2D eigenvalue weighted by atomic mass is 32.1. The summed E-state index contributed by atoms with van der Waals surface area (Å²) >= 11 is 1.53. The molecule has 1 fully saturated rings. The molecule has 3 heterocycles. The normalized spacial score (nSPS) is 21.0. The zero-order valence-electron chi connectivity index (χ0n) is 13.7. The number of likely N-dealkylation sites (tertiary alicyclic amines) is 1. The van der Waals surface area contributed by atoms with Gasteiger partial charge < -0.3 is 14.4 Å². The van der Waals surface area contributed by atoms with Crippen LogP contribution < -0.4 is 0 Å². The van der Waals surface area contributed by atoms with Crippen LogP contribution in [0.5, 0.6) is 0 Å². The quantitative estimate of drug-likeness (QED) is 0.918. The third-order valence-electron chi connectivity index (χ3n) is 4.49. The molecule has 2 atom stereocenters. The number of aliphatic carboxylic acids is 1. The summed E-state index contributed by atoms with van der Waals surface area (Å²) in [7, 11) is 0. The number of oxazole rings is 1. The first-order valence-corrected chi connectivity index (χ1v) is 8.86. The van der Waals surface area contributed by atoms with E-state index in [0.717, 1.165) is 4.88 Å². The molecule has 0 saturated carbocycles. The van der Waals surface area contributed by atoms with Crippen LogP contribution in [0.2, 0.25) is 0 Å². The first kappa shape index (κ1) is 16.7. The van der Waals surface area contributed by atoms with Gasteiger partial charge in [0.1, 0.15) is 5.76 Å².